The molecule has 0 spiro atoms. The molecule has 2 aromatic rings. The zero-order valence-electron chi connectivity index (χ0n) is 16.8. The molecule has 28 heavy (non-hydrogen) atoms. The average molecular weight is 387 g/mol. The minimum absolute atomic E-state index is 0.0238. The number of ether oxygens (including phenoxy) is 2. The molecule has 0 aromatic heterocycles. The maximum Gasteiger partial charge on any atom is 0.217 e. The van der Waals surface area contributed by atoms with Crippen LogP contribution in [-0.4, -0.2) is 32.7 Å². The van der Waals surface area contributed by atoms with Crippen LogP contribution in [0.2, 0.25) is 0 Å². The van der Waals surface area contributed by atoms with Crippen molar-refractivity contribution < 1.29 is 23.6 Å². The smallest absolute Gasteiger partial charge is 0.217 e. The molecule has 0 radical (unpaired) electrons. The summed E-state index contributed by atoms with van der Waals surface area (Å²) in [7, 11) is 3.25. The fraction of sp³-hybridized carbons (Fsp3) is 0.409. The Bertz CT molecular complexity index is 856. The van der Waals surface area contributed by atoms with E-state index in [-0.39, 0.29) is 23.8 Å². The first-order valence-corrected chi connectivity index (χ1v) is 9.53. The molecule has 1 unspecified atom stereocenters. The third kappa shape index (κ3) is 4.28. The number of amides is 1. The Hall–Kier alpha value is -2.60. The van der Waals surface area contributed by atoms with Crippen LogP contribution >= 0.6 is 0 Å². The second kappa shape index (κ2) is 8.61. The predicted octanol–water partition coefficient (Wildman–Crippen LogP) is 2.05. The van der Waals surface area contributed by atoms with Crippen molar-refractivity contribution in [3.8, 4) is 11.5 Å². The number of halogens is 1. The van der Waals surface area contributed by atoms with E-state index < -0.39 is 0 Å². The molecule has 3 atom stereocenters. The first-order valence-electron chi connectivity index (χ1n) is 9.53. The van der Waals surface area contributed by atoms with Gasteiger partial charge in [0.15, 0.2) is 11.5 Å². The van der Waals surface area contributed by atoms with E-state index in [0.717, 1.165) is 24.1 Å². The molecule has 1 amide bonds. The third-order valence-corrected chi connectivity index (χ3v) is 5.39. The molecule has 1 aliphatic heterocycles. The highest BCUT2D eigenvalue weighted by molar-refractivity contribution is 5.73. The lowest BCUT2D eigenvalue weighted by atomic mass is 9.87. The summed E-state index contributed by atoms with van der Waals surface area (Å²) in [5, 5.41) is 3.04. The summed E-state index contributed by atoms with van der Waals surface area (Å²) in [6.45, 7) is 5.11. The zero-order chi connectivity index (χ0) is 20.3. The molecule has 6 heteroatoms. The van der Waals surface area contributed by atoms with E-state index in [1.54, 1.807) is 26.4 Å². The van der Waals surface area contributed by atoms with Crippen molar-refractivity contribution in [1.82, 2.24) is 5.32 Å². The number of nitrogens with one attached hydrogen (secondary N) is 2. The monoisotopic (exact) mass is 387 g/mol. The molecule has 0 saturated carbocycles. The van der Waals surface area contributed by atoms with E-state index in [2.05, 4.69) is 5.32 Å². The van der Waals surface area contributed by atoms with Crippen LogP contribution < -0.4 is 19.7 Å². The molecule has 0 bridgehead atoms. The van der Waals surface area contributed by atoms with Crippen molar-refractivity contribution in [2.75, 3.05) is 20.8 Å². The van der Waals surface area contributed by atoms with Crippen molar-refractivity contribution in [1.29, 1.82) is 0 Å². The van der Waals surface area contributed by atoms with Gasteiger partial charge in [0, 0.05) is 24.5 Å². The van der Waals surface area contributed by atoms with Crippen molar-refractivity contribution in [2.45, 2.75) is 38.9 Å². The number of fused-ring (bicyclic) bond motifs is 1. The van der Waals surface area contributed by atoms with Crippen LogP contribution in [0.25, 0.3) is 0 Å². The SMILES string of the molecule is COc1cc2c(cc1OC)[C@H]([C@@H](C)NC(C)=O)[NH+](Cc1cccc(F)c1)CC2. The highest BCUT2D eigenvalue weighted by Gasteiger charge is 2.36. The average Bonchev–Trinajstić information content (AvgIpc) is 2.66. The van der Waals surface area contributed by atoms with Gasteiger partial charge in [-0.25, -0.2) is 4.39 Å². The second-order valence-electron chi connectivity index (χ2n) is 7.34. The van der Waals surface area contributed by atoms with Gasteiger partial charge >= 0.3 is 0 Å². The van der Waals surface area contributed by atoms with Gasteiger partial charge in [-0.2, -0.15) is 0 Å². The van der Waals surface area contributed by atoms with E-state index >= 15 is 0 Å². The zero-order valence-corrected chi connectivity index (χ0v) is 16.8. The van der Waals surface area contributed by atoms with Gasteiger partial charge in [-0.15, -0.1) is 0 Å². The normalized spacial score (nSPS) is 19.5. The van der Waals surface area contributed by atoms with E-state index in [0.29, 0.717) is 18.0 Å². The Morgan fingerprint density at radius 1 is 1.25 bits per heavy atom. The van der Waals surface area contributed by atoms with Gasteiger partial charge in [0.2, 0.25) is 5.91 Å². The molecule has 1 aliphatic rings. The van der Waals surface area contributed by atoms with Crippen molar-refractivity contribution in [3.63, 3.8) is 0 Å². The molecule has 0 fully saturated rings. The topological polar surface area (TPSA) is 52.0 Å². The van der Waals surface area contributed by atoms with E-state index in [4.69, 9.17) is 9.47 Å². The molecular weight excluding hydrogens is 359 g/mol. The summed E-state index contributed by atoms with van der Waals surface area (Å²) in [5.74, 6) is 1.09. The lowest BCUT2D eigenvalue weighted by Gasteiger charge is -2.38. The number of carbonyl (C=O) groups excluding carboxylic acids is 1. The maximum absolute atomic E-state index is 13.7. The van der Waals surface area contributed by atoms with Crippen molar-refractivity contribution in [3.05, 3.63) is 58.9 Å². The molecule has 0 aliphatic carbocycles. The van der Waals surface area contributed by atoms with Gasteiger partial charge in [-0.1, -0.05) is 12.1 Å². The quantitative estimate of drug-likeness (QED) is 0.798. The predicted molar refractivity (Wildman–Crippen MR) is 105 cm³/mol. The van der Waals surface area contributed by atoms with Crippen LogP contribution in [0.1, 0.15) is 36.6 Å². The lowest BCUT2D eigenvalue weighted by molar-refractivity contribution is -0.948. The Morgan fingerprint density at radius 3 is 2.61 bits per heavy atom. The number of quaternary nitrogens is 1. The molecule has 2 aromatic carbocycles. The molecule has 1 heterocycles. The number of methoxy groups -OCH3 is 2. The fourth-order valence-electron chi connectivity index (χ4n) is 4.25. The van der Waals surface area contributed by atoms with Gasteiger partial charge in [-0.05, 0) is 36.8 Å². The number of rotatable bonds is 6. The molecule has 150 valence electrons. The first-order chi connectivity index (χ1) is 13.4. The minimum atomic E-state index is -0.229. The molecule has 3 rings (SSSR count). The molecular formula is C22H28FN2O3+. The number of hydrogen-bond donors (Lipinski definition) is 2. The van der Waals surface area contributed by atoms with Gasteiger partial charge in [0.25, 0.3) is 0 Å². The number of benzene rings is 2. The van der Waals surface area contributed by atoms with Crippen LogP contribution in [-0.2, 0) is 17.8 Å². The van der Waals surface area contributed by atoms with E-state index in [1.807, 2.05) is 25.1 Å². The van der Waals surface area contributed by atoms with Crippen LogP contribution in [0, 0.1) is 5.82 Å². The van der Waals surface area contributed by atoms with Crippen LogP contribution in [0.5, 0.6) is 11.5 Å². The first kappa shape index (κ1) is 20.1. The summed E-state index contributed by atoms with van der Waals surface area (Å²) in [5.41, 5.74) is 3.28. The molecule has 2 N–H and O–H groups in total. The van der Waals surface area contributed by atoms with Gasteiger partial charge in [-0.3, -0.25) is 4.79 Å². The van der Waals surface area contributed by atoms with Gasteiger partial charge in [0.1, 0.15) is 18.4 Å². The summed E-state index contributed by atoms with van der Waals surface area (Å²) in [6.07, 6.45) is 0.879. The Kier molecular flexibility index (Phi) is 6.19. The Labute approximate surface area is 165 Å². The Morgan fingerprint density at radius 2 is 1.96 bits per heavy atom. The Balaban J connectivity index is 2.00. The van der Waals surface area contributed by atoms with E-state index in [1.165, 1.54) is 23.5 Å². The number of hydrogen-bond acceptors (Lipinski definition) is 3. The van der Waals surface area contributed by atoms with Crippen LogP contribution in [0.15, 0.2) is 36.4 Å². The lowest BCUT2D eigenvalue weighted by Crippen LogP contribution is -3.13. The van der Waals surface area contributed by atoms with Crippen molar-refractivity contribution >= 4 is 5.91 Å². The third-order valence-electron chi connectivity index (χ3n) is 5.39. The summed E-state index contributed by atoms with van der Waals surface area (Å²) >= 11 is 0. The summed E-state index contributed by atoms with van der Waals surface area (Å²) < 4.78 is 24.6. The standard InChI is InChI=1S/C22H27FN2O3/c1-14(24-15(2)26)22-19-12-21(28-4)20(27-3)11-17(19)8-9-25(22)13-16-6-5-7-18(23)10-16/h5-7,10-12,14,22H,8-9,13H2,1-4H3,(H,24,26)/p+1/t14-,22+/m1/s1. The van der Waals surface area contributed by atoms with Crippen LogP contribution in [0.4, 0.5) is 4.39 Å². The largest absolute Gasteiger partial charge is 0.493 e. The highest BCUT2D eigenvalue weighted by Crippen LogP contribution is 2.35. The van der Waals surface area contributed by atoms with Crippen molar-refractivity contribution in [2.24, 2.45) is 0 Å². The number of carbonyl (C=O) groups is 1. The van der Waals surface area contributed by atoms with Gasteiger partial charge in [0.05, 0.1) is 26.8 Å². The van der Waals surface area contributed by atoms with Crippen LogP contribution in [0.3, 0.4) is 0 Å². The highest BCUT2D eigenvalue weighted by atomic mass is 19.1. The fourth-order valence-corrected chi connectivity index (χ4v) is 4.25. The van der Waals surface area contributed by atoms with Gasteiger partial charge < -0.3 is 19.7 Å². The van der Waals surface area contributed by atoms with E-state index in [9.17, 15) is 9.18 Å². The second-order valence-corrected chi connectivity index (χ2v) is 7.34. The minimum Gasteiger partial charge on any atom is -0.493 e. The maximum atomic E-state index is 13.7. The summed E-state index contributed by atoms with van der Waals surface area (Å²) in [6, 6.07) is 10.7. The molecule has 0 saturated heterocycles. The summed E-state index contributed by atoms with van der Waals surface area (Å²) in [4.78, 5) is 13.0. The molecule has 5 nitrogen and oxygen atoms in total.